The van der Waals surface area contributed by atoms with Gasteiger partial charge in [-0.1, -0.05) is 18.2 Å². The SMILES string of the molecule is Cc1ccccc1N(CC(=O)NNC(=O)c1ccc2c(c1)OCO2)S(C)(=O)=O. The molecule has 0 aromatic heterocycles. The zero-order chi connectivity index (χ0) is 20.3. The van der Waals surface area contributed by atoms with E-state index in [1.54, 1.807) is 37.3 Å². The second-order valence-corrected chi connectivity index (χ2v) is 8.03. The summed E-state index contributed by atoms with van der Waals surface area (Å²) in [5, 5.41) is 0. The van der Waals surface area contributed by atoms with Crippen LogP contribution in [0.3, 0.4) is 0 Å². The Bertz CT molecular complexity index is 1020. The lowest BCUT2D eigenvalue weighted by atomic mass is 10.2. The fourth-order valence-electron chi connectivity index (χ4n) is 2.63. The molecule has 148 valence electrons. The molecule has 0 saturated heterocycles. The zero-order valence-electron chi connectivity index (χ0n) is 15.3. The van der Waals surface area contributed by atoms with E-state index < -0.39 is 28.4 Å². The number of nitrogens with one attached hydrogen (secondary N) is 2. The Morgan fingerprint density at radius 1 is 1.07 bits per heavy atom. The molecule has 2 aromatic carbocycles. The van der Waals surface area contributed by atoms with Crippen LogP contribution in [-0.2, 0) is 14.8 Å². The van der Waals surface area contributed by atoms with Crippen LogP contribution in [-0.4, -0.2) is 39.8 Å². The van der Waals surface area contributed by atoms with Gasteiger partial charge in [-0.2, -0.15) is 0 Å². The minimum atomic E-state index is -3.70. The van der Waals surface area contributed by atoms with Crippen LogP contribution in [0, 0.1) is 6.92 Å². The van der Waals surface area contributed by atoms with Crippen LogP contribution in [0.15, 0.2) is 42.5 Å². The first-order valence-electron chi connectivity index (χ1n) is 8.28. The van der Waals surface area contributed by atoms with E-state index in [4.69, 9.17) is 9.47 Å². The van der Waals surface area contributed by atoms with Crippen LogP contribution in [0.4, 0.5) is 5.69 Å². The lowest BCUT2D eigenvalue weighted by Gasteiger charge is -2.23. The van der Waals surface area contributed by atoms with Gasteiger partial charge < -0.3 is 9.47 Å². The third-order valence-corrected chi connectivity index (χ3v) is 5.15. The molecule has 2 N–H and O–H groups in total. The van der Waals surface area contributed by atoms with E-state index in [0.29, 0.717) is 22.7 Å². The average molecular weight is 405 g/mol. The van der Waals surface area contributed by atoms with Crippen molar-refractivity contribution in [3.05, 3.63) is 53.6 Å². The summed E-state index contributed by atoms with van der Waals surface area (Å²) in [7, 11) is -3.70. The van der Waals surface area contributed by atoms with Crippen LogP contribution in [0.2, 0.25) is 0 Å². The molecule has 3 rings (SSSR count). The van der Waals surface area contributed by atoms with Gasteiger partial charge in [-0.25, -0.2) is 8.42 Å². The number of nitrogens with zero attached hydrogens (tertiary/aromatic N) is 1. The number of carbonyl (C=O) groups excluding carboxylic acids is 2. The number of rotatable bonds is 5. The minimum Gasteiger partial charge on any atom is -0.454 e. The van der Waals surface area contributed by atoms with E-state index in [1.165, 1.54) is 12.1 Å². The van der Waals surface area contributed by atoms with Crippen molar-refractivity contribution in [2.75, 3.05) is 23.9 Å². The van der Waals surface area contributed by atoms with Crippen molar-refractivity contribution in [1.29, 1.82) is 0 Å². The second-order valence-electron chi connectivity index (χ2n) is 6.13. The highest BCUT2D eigenvalue weighted by Gasteiger charge is 2.23. The quantitative estimate of drug-likeness (QED) is 0.716. The summed E-state index contributed by atoms with van der Waals surface area (Å²) in [4.78, 5) is 24.4. The second kappa shape index (κ2) is 7.77. The van der Waals surface area contributed by atoms with E-state index in [0.717, 1.165) is 10.6 Å². The predicted molar refractivity (Wildman–Crippen MR) is 102 cm³/mol. The van der Waals surface area contributed by atoms with Crippen LogP contribution >= 0.6 is 0 Å². The van der Waals surface area contributed by atoms with Crippen LogP contribution < -0.4 is 24.6 Å². The van der Waals surface area contributed by atoms with Crippen molar-refractivity contribution in [3.8, 4) is 11.5 Å². The molecule has 28 heavy (non-hydrogen) atoms. The van der Waals surface area contributed by atoms with Gasteiger partial charge in [0.1, 0.15) is 6.54 Å². The van der Waals surface area contributed by atoms with Crippen molar-refractivity contribution in [2.24, 2.45) is 0 Å². The number of hydrogen-bond donors (Lipinski definition) is 2. The summed E-state index contributed by atoms with van der Waals surface area (Å²) < 4.78 is 35.6. The molecule has 0 bridgehead atoms. The monoisotopic (exact) mass is 405 g/mol. The van der Waals surface area contributed by atoms with Gasteiger partial charge >= 0.3 is 0 Å². The molecule has 0 spiro atoms. The first-order chi connectivity index (χ1) is 13.3. The van der Waals surface area contributed by atoms with Gasteiger partial charge in [-0.15, -0.1) is 0 Å². The lowest BCUT2D eigenvalue weighted by Crippen LogP contribution is -2.47. The van der Waals surface area contributed by atoms with E-state index in [1.807, 2.05) is 0 Å². The number of sulfonamides is 1. The number of para-hydroxylation sites is 1. The van der Waals surface area contributed by atoms with Crippen molar-refractivity contribution in [1.82, 2.24) is 10.9 Å². The highest BCUT2D eigenvalue weighted by Crippen LogP contribution is 2.32. The standard InChI is InChI=1S/C18H19N3O6S/c1-12-5-3-4-6-14(12)21(28(2,24)25)10-17(22)19-20-18(23)13-7-8-15-16(9-13)27-11-26-15/h3-9H,10-11H2,1-2H3,(H,19,22)(H,20,23). The Balaban J connectivity index is 1.65. The zero-order valence-corrected chi connectivity index (χ0v) is 16.1. The number of hydrazine groups is 1. The van der Waals surface area contributed by atoms with Crippen LogP contribution in [0.1, 0.15) is 15.9 Å². The van der Waals surface area contributed by atoms with Crippen molar-refractivity contribution < 1.29 is 27.5 Å². The largest absolute Gasteiger partial charge is 0.454 e. The number of amides is 2. The van der Waals surface area contributed by atoms with Gasteiger partial charge in [0, 0.05) is 5.56 Å². The highest BCUT2D eigenvalue weighted by molar-refractivity contribution is 7.92. The number of benzene rings is 2. The third kappa shape index (κ3) is 4.34. The maximum absolute atomic E-state index is 12.2. The molecule has 1 heterocycles. The summed E-state index contributed by atoms with van der Waals surface area (Å²) >= 11 is 0. The van der Waals surface area contributed by atoms with Gasteiger partial charge in [0.25, 0.3) is 11.8 Å². The molecule has 1 aliphatic rings. The van der Waals surface area contributed by atoms with E-state index >= 15 is 0 Å². The summed E-state index contributed by atoms with van der Waals surface area (Å²) in [6.07, 6.45) is 1.01. The molecular weight excluding hydrogens is 386 g/mol. The number of ether oxygens (including phenoxy) is 2. The van der Waals surface area contributed by atoms with Gasteiger partial charge in [0.2, 0.25) is 16.8 Å². The predicted octanol–water partition coefficient (Wildman–Crippen LogP) is 0.951. The Morgan fingerprint density at radius 3 is 2.50 bits per heavy atom. The Hall–Kier alpha value is -3.27. The third-order valence-electron chi connectivity index (χ3n) is 4.02. The fraction of sp³-hybridized carbons (Fsp3) is 0.222. The topological polar surface area (TPSA) is 114 Å². The number of hydrogen-bond acceptors (Lipinski definition) is 6. The normalized spacial score (nSPS) is 12.4. The Labute approximate surface area is 162 Å². The number of fused-ring (bicyclic) bond motifs is 1. The van der Waals surface area contributed by atoms with Gasteiger partial charge in [0.15, 0.2) is 11.5 Å². The molecule has 10 heteroatoms. The molecule has 1 aliphatic heterocycles. The first kappa shape index (κ1) is 19.5. The summed E-state index contributed by atoms with van der Waals surface area (Å²) in [5.41, 5.74) is 5.82. The molecule has 9 nitrogen and oxygen atoms in total. The molecule has 0 saturated carbocycles. The van der Waals surface area contributed by atoms with E-state index in [2.05, 4.69) is 10.9 Å². The van der Waals surface area contributed by atoms with Crippen LogP contribution in [0.5, 0.6) is 11.5 Å². The molecule has 0 radical (unpaired) electrons. The Kier molecular flexibility index (Phi) is 5.41. The van der Waals surface area contributed by atoms with Crippen LogP contribution in [0.25, 0.3) is 0 Å². The van der Waals surface area contributed by atoms with Gasteiger partial charge in [-0.05, 0) is 36.8 Å². The first-order valence-corrected chi connectivity index (χ1v) is 10.1. The molecule has 2 aromatic rings. The summed E-state index contributed by atoms with van der Waals surface area (Å²) in [6, 6.07) is 11.4. The fourth-order valence-corrected chi connectivity index (χ4v) is 3.54. The Morgan fingerprint density at radius 2 is 1.79 bits per heavy atom. The molecule has 0 aliphatic carbocycles. The maximum atomic E-state index is 12.2. The molecule has 0 unspecified atom stereocenters. The number of aryl methyl sites for hydroxylation is 1. The number of anilines is 1. The summed E-state index contributed by atoms with van der Waals surface area (Å²) in [5.74, 6) is -0.305. The maximum Gasteiger partial charge on any atom is 0.269 e. The van der Waals surface area contributed by atoms with Gasteiger partial charge in [0.05, 0.1) is 11.9 Å². The van der Waals surface area contributed by atoms with Crippen molar-refractivity contribution in [3.63, 3.8) is 0 Å². The van der Waals surface area contributed by atoms with Crippen molar-refractivity contribution in [2.45, 2.75) is 6.92 Å². The smallest absolute Gasteiger partial charge is 0.269 e. The lowest BCUT2D eigenvalue weighted by molar-refractivity contribution is -0.120. The minimum absolute atomic E-state index is 0.0807. The number of carbonyl (C=O) groups is 2. The van der Waals surface area contributed by atoms with E-state index in [-0.39, 0.29) is 12.4 Å². The molecule has 2 amide bonds. The van der Waals surface area contributed by atoms with E-state index in [9.17, 15) is 18.0 Å². The summed E-state index contributed by atoms with van der Waals surface area (Å²) in [6.45, 7) is 1.34. The highest BCUT2D eigenvalue weighted by atomic mass is 32.2. The average Bonchev–Trinajstić information content (AvgIpc) is 3.11. The van der Waals surface area contributed by atoms with Gasteiger partial charge in [-0.3, -0.25) is 24.7 Å². The molecular formula is C18H19N3O6S. The molecule has 0 atom stereocenters. The van der Waals surface area contributed by atoms with Crippen molar-refractivity contribution >= 4 is 27.5 Å². The molecule has 0 fully saturated rings.